The van der Waals surface area contributed by atoms with Gasteiger partial charge in [0.1, 0.15) is 23.6 Å². The number of halogens is 2. The molecule has 1 heterocycles. The molecule has 0 aromatic heterocycles. The third kappa shape index (κ3) is 4.52. The quantitative estimate of drug-likeness (QED) is 0.566. The summed E-state index contributed by atoms with van der Waals surface area (Å²) in [6, 6.07) is 16.7. The van der Waals surface area contributed by atoms with Gasteiger partial charge >= 0.3 is 0 Å². The van der Waals surface area contributed by atoms with Crippen molar-refractivity contribution >= 4 is 23.4 Å². The van der Waals surface area contributed by atoms with Crippen LogP contribution in [0.25, 0.3) is 11.1 Å². The van der Waals surface area contributed by atoms with Gasteiger partial charge in [-0.1, -0.05) is 42.5 Å². The number of benzene rings is 3. The monoisotopic (exact) mass is 463 g/mol. The largest absolute Gasteiger partial charge is 0.351 e. The summed E-state index contributed by atoms with van der Waals surface area (Å²) in [5, 5.41) is 5.22. The van der Waals surface area contributed by atoms with E-state index in [1.807, 2.05) is 36.4 Å². The molecule has 0 saturated heterocycles. The van der Waals surface area contributed by atoms with Crippen molar-refractivity contribution in [1.82, 2.24) is 10.6 Å². The summed E-state index contributed by atoms with van der Waals surface area (Å²) >= 11 is 0. The molecule has 2 atom stereocenters. The van der Waals surface area contributed by atoms with Crippen LogP contribution in [0.5, 0.6) is 0 Å². The average molecular weight is 463 g/mol. The first kappa shape index (κ1) is 23.1. The fourth-order valence-electron chi connectivity index (χ4n) is 4.01. The normalized spacial score (nSPS) is 15.6. The molecule has 8 heteroatoms. The Kier molecular flexibility index (Phi) is 6.40. The lowest BCUT2D eigenvalue weighted by atomic mass is 9.95. The number of hydrogen-bond acceptors (Lipinski definition) is 3. The smallest absolute Gasteiger partial charge is 0.253 e. The Balaban J connectivity index is 1.52. The highest BCUT2D eigenvalue weighted by molar-refractivity contribution is 6.07. The van der Waals surface area contributed by atoms with Gasteiger partial charge in [0.25, 0.3) is 5.91 Å². The Bertz CT molecular complexity index is 1260. The van der Waals surface area contributed by atoms with Gasteiger partial charge in [-0.2, -0.15) is 0 Å². The van der Waals surface area contributed by atoms with E-state index in [9.17, 15) is 23.2 Å². The summed E-state index contributed by atoms with van der Waals surface area (Å²) in [4.78, 5) is 40.3. The highest BCUT2D eigenvalue weighted by Gasteiger charge is 2.34. The van der Waals surface area contributed by atoms with E-state index in [4.69, 9.17) is 0 Å². The number of carbonyl (C=O) groups is 3. The molecule has 0 fully saturated rings. The topological polar surface area (TPSA) is 78.5 Å². The third-order valence-electron chi connectivity index (χ3n) is 5.87. The summed E-state index contributed by atoms with van der Waals surface area (Å²) in [6.07, 6.45) is 0. The molecule has 2 N–H and O–H groups in total. The minimum Gasteiger partial charge on any atom is -0.351 e. The van der Waals surface area contributed by atoms with Crippen LogP contribution in [0, 0.1) is 17.6 Å². The van der Waals surface area contributed by atoms with Gasteiger partial charge in [0.15, 0.2) is 0 Å². The zero-order chi connectivity index (χ0) is 24.4. The van der Waals surface area contributed by atoms with Gasteiger partial charge in [0.05, 0.1) is 5.69 Å². The second-order valence-corrected chi connectivity index (χ2v) is 8.16. The standard InChI is InChI=1S/C26H23F2N3O3/c1-15(24(32)29-14-16-11-17(27)13-18(28)12-16)25(33)30-23-21-9-4-3-7-19(21)20-8-5-6-10-22(20)31(2)26(23)34/h3-13,15,23H,14H2,1-2H3,(H,29,32)(H,30,33)/t15-,23+/m1/s1. The number of nitrogens with zero attached hydrogens (tertiary/aromatic N) is 1. The number of para-hydroxylation sites is 1. The van der Waals surface area contributed by atoms with Crippen LogP contribution in [-0.4, -0.2) is 24.8 Å². The summed E-state index contributed by atoms with van der Waals surface area (Å²) in [7, 11) is 1.64. The maximum atomic E-state index is 13.4. The van der Waals surface area contributed by atoms with Gasteiger partial charge in [0, 0.05) is 25.2 Å². The number of nitrogens with one attached hydrogen (secondary N) is 2. The Morgan fingerprint density at radius 2 is 1.56 bits per heavy atom. The summed E-state index contributed by atoms with van der Waals surface area (Å²) in [5.41, 5.74) is 3.24. The molecular formula is C26H23F2N3O3. The molecule has 3 aromatic rings. The number of anilines is 1. The van der Waals surface area contributed by atoms with Crippen molar-refractivity contribution < 1.29 is 23.2 Å². The lowest BCUT2D eigenvalue weighted by Crippen LogP contribution is -2.45. The Morgan fingerprint density at radius 3 is 2.26 bits per heavy atom. The SMILES string of the molecule is C[C@H](C(=O)NCc1cc(F)cc(F)c1)C(=O)N[C@@H]1C(=O)N(C)c2ccccc2-c2ccccc21. The Labute approximate surface area is 195 Å². The zero-order valence-electron chi connectivity index (χ0n) is 18.6. The van der Waals surface area contributed by atoms with E-state index in [1.54, 1.807) is 19.2 Å². The lowest BCUT2D eigenvalue weighted by Gasteiger charge is -2.24. The fourth-order valence-corrected chi connectivity index (χ4v) is 4.01. The Hall–Kier alpha value is -4.07. The van der Waals surface area contributed by atoms with Crippen molar-refractivity contribution in [1.29, 1.82) is 0 Å². The first-order valence-corrected chi connectivity index (χ1v) is 10.7. The first-order chi connectivity index (χ1) is 16.3. The highest BCUT2D eigenvalue weighted by atomic mass is 19.1. The van der Waals surface area contributed by atoms with Crippen molar-refractivity contribution in [3.63, 3.8) is 0 Å². The highest BCUT2D eigenvalue weighted by Crippen LogP contribution is 2.39. The van der Waals surface area contributed by atoms with Crippen LogP contribution in [0.2, 0.25) is 0 Å². The second-order valence-electron chi connectivity index (χ2n) is 8.16. The molecule has 3 amide bonds. The first-order valence-electron chi connectivity index (χ1n) is 10.7. The molecule has 6 nitrogen and oxygen atoms in total. The van der Waals surface area contributed by atoms with Crippen LogP contribution in [0.3, 0.4) is 0 Å². The van der Waals surface area contributed by atoms with Crippen LogP contribution < -0.4 is 15.5 Å². The van der Waals surface area contributed by atoms with Crippen molar-refractivity contribution in [3.8, 4) is 11.1 Å². The second kappa shape index (κ2) is 9.43. The van der Waals surface area contributed by atoms with Crippen LogP contribution >= 0.6 is 0 Å². The minimum atomic E-state index is -1.14. The molecule has 34 heavy (non-hydrogen) atoms. The van der Waals surface area contributed by atoms with Crippen LogP contribution in [0.4, 0.5) is 14.5 Å². The van der Waals surface area contributed by atoms with Gasteiger partial charge in [-0.3, -0.25) is 14.4 Å². The van der Waals surface area contributed by atoms with Crippen LogP contribution in [0.15, 0.2) is 66.7 Å². The maximum Gasteiger partial charge on any atom is 0.253 e. The number of amides is 3. The molecule has 0 bridgehead atoms. The maximum absolute atomic E-state index is 13.4. The van der Waals surface area contributed by atoms with Gasteiger partial charge in [0.2, 0.25) is 11.8 Å². The van der Waals surface area contributed by atoms with E-state index in [-0.39, 0.29) is 18.0 Å². The lowest BCUT2D eigenvalue weighted by molar-refractivity contribution is -0.136. The fraction of sp³-hybridized carbons (Fsp3) is 0.192. The summed E-state index contributed by atoms with van der Waals surface area (Å²) in [5.74, 6) is -4.28. The molecule has 0 radical (unpaired) electrons. The minimum absolute atomic E-state index is 0.144. The number of carbonyl (C=O) groups excluding carboxylic acids is 3. The van der Waals surface area contributed by atoms with Gasteiger partial charge in [-0.05, 0) is 41.8 Å². The van der Waals surface area contributed by atoms with E-state index in [1.165, 1.54) is 11.8 Å². The third-order valence-corrected chi connectivity index (χ3v) is 5.87. The molecule has 1 aliphatic rings. The van der Waals surface area contributed by atoms with Gasteiger partial charge in [-0.15, -0.1) is 0 Å². The number of fused-ring (bicyclic) bond motifs is 3. The molecule has 3 aromatic carbocycles. The van der Waals surface area contributed by atoms with Crippen molar-refractivity contribution in [2.24, 2.45) is 5.92 Å². The van der Waals surface area contributed by atoms with Crippen LogP contribution in [0.1, 0.15) is 24.1 Å². The van der Waals surface area contributed by atoms with Crippen LogP contribution in [-0.2, 0) is 20.9 Å². The summed E-state index contributed by atoms with van der Waals surface area (Å²) in [6.45, 7) is 1.26. The van der Waals surface area contributed by atoms with E-state index in [0.717, 1.165) is 29.3 Å². The number of likely N-dealkylation sites (N-methyl/N-ethyl adjacent to an activating group) is 1. The molecule has 0 unspecified atom stereocenters. The molecule has 1 aliphatic heterocycles. The molecule has 0 aliphatic carbocycles. The van der Waals surface area contributed by atoms with E-state index < -0.39 is 35.4 Å². The predicted octanol–water partition coefficient (Wildman–Crippen LogP) is 3.72. The zero-order valence-corrected chi connectivity index (χ0v) is 18.6. The van der Waals surface area contributed by atoms with E-state index >= 15 is 0 Å². The molecule has 0 spiro atoms. The average Bonchev–Trinajstić information content (AvgIpc) is 2.91. The van der Waals surface area contributed by atoms with E-state index in [0.29, 0.717) is 11.3 Å². The molecule has 4 rings (SSSR count). The van der Waals surface area contributed by atoms with E-state index in [2.05, 4.69) is 10.6 Å². The van der Waals surface area contributed by atoms with Crippen molar-refractivity contribution in [2.45, 2.75) is 19.5 Å². The molecule has 174 valence electrons. The molecule has 0 saturated carbocycles. The van der Waals surface area contributed by atoms with Gasteiger partial charge < -0.3 is 15.5 Å². The number of rotatable bonds is 5. The van der Waals surface area contributed by atoms with Crippen molar-refractivity contribution in [2.75, 3.05) is 11.9 Å². The number of hydrogen-bond donors (Lipinski definition) is 2. The molecular weight excluding hydrogens is 440 g/mol. The summed E-state index contributed by atoms with van der Waals surface area (Å²) < 4.78 is 26.7. The Morgan fingerprint density at radius 1 is 0.941 bits per heavy atom. The predicted molar refractivity (Wildman–Crippen MR) is 124 cm³/mol. The van der Waals surface area contributed by atoms with Crippen molar-refractivity contribution in [3.05, 3.63) is 89.5 Å². The van der Waals surface area contributed by atoms with Gasteiger partial charge in [-0.25, -0.2) is 8.78 Å².